The van der Waals surface area contributed by atoms with Crippen LogP contribution in [-0.4, -0.2) is 62.8 Å². The number of rotatable bonds is 6. The second kappa shape index (κ2) is 9.49. The van der Waals surface area contributed by atoms with Crippen LogP contribution in [-0.2, 0) is 28.6 Å². The van der Waals surface area contributed by atoms with Crippen molar-refractivity contribution in [2.75, 3.05) is 5.32 Å². The van der Waals surface area contributed by atoms with Crippen LogP contribution in [0.25, 0.3) is 0 Å². The predicted molar refractivity (Wildman–Crippen MR) is 123 cm³/mol. The van der Waals surface area contributed by atoms with E-state index in [0.717, 1.165) is 24.2 Å². The standard InChI is InChI=1S/C22H31N3O8S/c1-20(2,3)31-17(28)22(9-12-7-8-13(10-22)30-12)33-25-15(16(26)27)14-11-34-18(23-14)24-19(29)32-21(4,5)6/h11-13H,7-10H2,1-6H3,(H,26,27)(H,23,24,29)/b25-15-. The van der Waals surface area contributed by atoms with Gasteiger partial charge < -0.3 is 24.2 Å². The molecule has 0 aliphatic carbocycles. The van der Waals surface area contributed by atoms with E-state index in [1.54, 1.807) is 41.5 Å². The van der Waals surface area contributed by atoms with Gasteiger partial charge in [-0.3, -0.25) is 5.32 Å². The molecule has 0 aromatic carbocycles. The minimum atomic E-state index is -1.47. The first-order valence-corrected chi connectivity index (χ1v) is 11.9. The zero-order chi connectivity index (χ0) is 25.3. The lowest BCUT2D eigenvalue weighted by Crippen LogP contribution is -2.51. The highest BCUT2D eigenvalue weighted by Crippen LogP contribution is 2.42. The number of hydrogen-bond donors (Lipinski definition) is 2. The Morgan fingerprint density at radius 2 is 1.71 bits per heavy atom. The molecule has 188 valence electrons. The van der Waals surface area contributed by atoms with Crippen molar-refractivity contribution < 1.29 is 38.5 Å². The van der Waals surface area contributed by atoms with Gasteiger partial charge in [0.25, 0.3) is 0 Å². The Bertz CT molecular complexity index is 964. The molecule has 2 fully saturated rings. The third kappa shape index (κ3) is 6.66. The summed E-state index contributed by atoms with van der Waals surface area (Å²) in [6, 6.07) is 0. The van der Waals surface area contributed by atoms with Crippen molar-refractivity contribution in [2.45, 2.75) is 96.2 Å². The number of nitrogens with one attached hydrogen (secondary N) is 1. The van der Waals surface area contributed by atoms with Crippen LogP contribution in [0.5, 0.6) is 0 Å². The molecule has 2 bridgehead atoms. The molecule has 12 heteroatoms. The molecule has 2 saturated heterocycles. The SMILES string of the molecule is CC(C)(C)OC(=O)Nc1nc(/C(=N/OC2(C(=O)OC(C)(C)C)CC3CCC(C2)O3)C(=O)O)cs1. The van der Waals surface area contributed by atoms with Gasteiger partial charge in [-0.1, -0.05) is 5.16 Å². The van der Waals surface area contributed by atoms with Crippen LogP contribution in [0.2, 0.25) is 0 Å². The largest absolute Gasteiger partial charge is 0.476 e. The Morgan fingerprint density at radius 3 is 2.24 bits per heavy atom. The van der Waals surface area contributed by atoms with Gasteiger partial charge >= 0.3 is 18.0 Å². The number of carboxylic acids is 1. The Hall–Kier alpha value is -2.73. The Balaban J connectivity index is 1.83. The predicted octanol–water partition coefficient (Wildman–Crippen LogP) is 3.72. The lowest BCUT2D eigenvalue weighted by atomic mass is 9.90. The summed E-state index contributed by atoms with van der Waals surface area (Å²) in [5, 5.41) is 17.6. The molecule has 0 saturated carbocycles. The fourth-order valence-electron chi connectivity index (χ4n) is 3.71. The molecule has 3 heterocycles. The number of carboxylic acid groups (broad SMARTS) is 1. The monoisotopic (exact) mass is 497 g/mol. The maximum atomic E-state index is 13.1. The Morgan fingerprint density at radius 1 is 1.12 bits per heavy atom. The molecule has 2 atom stereocenters. The number of carbonyl (C=O) groups excluding carboxylic acids is 2. The topological polar surface area (TPSA) is 146 Å². The van der Waals surface area contributed by atoms with E-state index in [1.807, 2.05) is 0 Å². The minimum Gasteiger partial charge on any atom is -0.476 e. The van der Waals surface area contributed by atoms with E-state index in [2.05, 4.69) is 15.5 Å². The maximum absolute atomic E-state index is 13.1. The summed E-state index contributed by atoms with van der Waals surface area (Å²) < 4.78 is 16.6. The highest BCUT2D eigenvalue weighted by atomic mass is 32.1. The van der Waals surface area contributed by atoms with E-state index in [9.17, 15) is 19.5 Å². The van der Waals surface area contributed by atoms with Crippen LogP contribution in [0.1, 0.15) is 72.9 Å². The summed E-state index contributed by atoms with van der Waals surface area (Å²) in [5.74, 6) is -2.01. The number of esters is 1. The molecule has 1 aromatic rings. The number of carbonyl (C=O) groups is 3. The van der Waals surface area contributed by atoms with Crippen molar-refractivity contribution in [2.24, 2.45) is 5.16 Å². The molecule has 34 heavy (non-hydrogen) atoms. The van der Waals surface area contributed by atoms with Crippen molar-refractivity contribution in [3.05, 3.63) is 11.1 Å². The van der Waals surface area contributed by atoms with Crippen LogP contribution in [0.15, 0.2) is 10.5 Å². The van der Waals surface area contributed by atoms with E-state index >= 15 is 0 Å². The zero-order valence-electron chi connectivity index (χ0n) is 20.2. The second-order valence-electron chi connectivity index (χ2n) is 10.4. The van der Waals surface area contributed by atoms with Gasteiger partial charge in [0.05, 0.1) is 12.2 Å². The van der Waals surface area contributed by atoms with E-state index in [1.165, 1.54) is 5.38 Å². The fourth-order valence-corrected chi connectivity index (χ4v) is 4.39. The molecular weight excluding hydrogens is 466 g/mol. The molecule has 1 amide bonds. The summed E-state index contributed by atoms with van der Waals surface area (Å²) in [5.41, 5.74) is -3.47. The number of oxime groups is 1. The number of fused-ring (bicyclic) bond motifs is 2. The number of ether oxygens (including phenoxy) is 3. The van der Waals surface area contributed by atoms with E-state index < -0.39 is 40.5 Å². The lowest BCUT2D eigenvalue weighted by Gasteiger charge is -2.37. The molecule has 11 nitrogen and oxygen atoms in total. The summed E-state index contributed by atoms with van der Waals surface area (Å²) in [6.07, 6.45) is 0.853. The quantitative estimate of drug-likeness (QED) is 0.341. The van der Waals surface area contributed by atoms with Gasteiger partial charge in [-0.05, 0) is 54.4 Å². The third-order valence-electron chi connectivity index (χ3n) is 4.95. The minimum absolute atomic E-state index is 0.0297. The molecule has 1 aromatic heterocycles. The number of aliphatic carboxylic acids is 1. The molecule has 2 unspecified atom stereocenters. The molecule has 2 aliphatic rings. The van der Waals surface area contributed by atoms with Gasteiger partial charge in [-0.15, -0.1) is 11.3 Å². The molecule has 2 aliphatic heterocycles. The van der Waals surface area contributed by atoms with Gasteiger partial charge in [-0.2, -0.15) is 0 Å². The summed E-state index contributed by atoms with van der Waals surface area (Å²) in [4.78, 5) is 46.8. The highest BCUT2D eigenvalue weighted by Gasteiger charge is 2.54. The first-order valence-electron chi connectivity index (χ1n) is 11.0. The van der Waals surface area contributed by atoms with Crippen LogP contribution in [0, 0.1) is 0 Å². The lowest BCUT2D eigenvalue weighted by molar-refractivity contribution is -0.203. The molecular formula is C22H31N3O8S. The van der Waals surface area contributed by atoms with Crippen molar-refractivity contribution in [1.29, 1.82) is 0 Å². The van der Waals surface area contributed by atoms with Gasteiger partial charge in [0.15, 0.2) is 5.13 Å². The summed E-state index contributed by atoms with van der Waals surface area (Å²) in [7, 11) is 0. The van der Waals surface area contributed by atoms with E-state index in [4.69, 9.17) is 19.0 Å². The molecule has 0 spiro atoms. The van der Waals surface area contributed by atoms with E-state index in [-0.39, 0.29) is 35.9 Å². The van der Waals surface area contributed by atoms with E-state index in [0.29, 0.717) is 0 Å². The van der Waals surface area contributed by atoms with Gasteiger partial charge in [0.1, 0.15) is 16.9 Å². The molecule has 2 N–H and O–H groups in total. The third-order valence-corrected chi connectivity index (χ3v) is 5.71. The molecule has 3 rings (SSSR count). The number of nitrogens with zero attached hydrogens (tertiary/aromatic N) is 2. The summed E-state index contributed by atoms with van der Waals surface area (Å²) in [6.45, 7) is 10.4. The zero-order valence-corrected chi connectivity index (χ0v) is 21.0. The van der Waals surface area contributed by atoms with Crippen LogP contribution < -0.4 is 5.32 Å². The van der Waals surface area contributed by atoms with Crippen molar-refractivity contribution in [1.82, 2.24) is 4.98 Å². The number of aromatic nitrogens is 1. The normalized spacial score (nSPS) is 24.9. The number of hydrogen-bond acceptors (Lipinski definition) is 10. The fraction of sp³-hybridized carbons (Fsp3) is 0.682. The van der Waals surface area contributed by atoms with Crippen molar-refractivity contribution in [3.63, 3.8) is 0 Å². The Labute approximate surface area is 201 Å². The first-order chi connectivity index (χ1) is 15.7. The second-order valence-corrected chi connectivity index (χ2v) is 11.2. The van der Waals surface area contributed by atoms with Crippen LogP contribution >= 0.6 is 11.3 Å². The van der Waals surface area contributed by atoms with Gasteiger partial charge in [0.2, 0.25) is 11.3 Å². The number of amides is 1. The Kier molecular flexibility index (Phi) is 7.23. The molecule has 0 radical (unpaired) electrons. The number of anilines is 1. The van der Waals surface area contributed by atoms with Gasteiger partial charge in [0, 0.05) is 18.2 Å². The number of thiazole rings is 1. The average molecular weight is 498 g/mol. The first kappa shape index (κ1) is 25.9. The van der Waals surface area contributed by atoms with Gasteiger partial charge in [-0.25, -0.2) is 19.4 Å². The van der Waals surface area contributed by atoms with Crippen LogP contribution in [0.3, 0.4) is 0 Å². The van der Waals surface area contributed by atoms with Crippen LogP contribution in [0.4, 0.5) is 9.93 Å². The van der Waals surface area contributed by atoms with Crippen molar-refractivity contribution in [3.8, 4) is 0 Å². The van der Waals surface area contributed by atoms with Crippen molar-refractivity contribution >= 4 is 40.2 Å². The average Bonchev–Trinajstić information content (AvgIpc) is 3.24. The summed E-state index contributed by atoms with van der Waals surface area (Å²) >= 11 is 1.00. The smallest absolute Gasteiger partial charge is 0.413 e. The highest BCUT2D eigenvalue weighted by molar-refractivity contribution is 7.14. The maximum Gasteiger partial charge on any atom is 0.413 e.